The highest BCUT2D eigenvalue weighted by Crippen LogP contribution is 2.10. The van der Waals surface area contributed by atoms with Gasteiger partial charge >= 0.3 is 0 Å². The Bertz CT molecular complexity index is 431. The maximum absolute atomic E-state index is 10.9. The Kier molecular flexibility index (Phi) is 4.54. The fourth-order valence-corrected chi connectivity index (χ4v) is 1.91. The average molecular weight is 243 g/mol. The summed E-state index contributed by atoms with van der Waals surface area (Å²) < 4.78 is 21.8. The van der Waals surface area contributed by atoms with Crippen molar-refractivity contribution in [2.45, 2.75) is 6.42 Å². The van der Waals surface area contributed by atoms with Crippen molar-refractivity contribution in [3.8, 4) is 0 Å². The zero-order chi connectivity index (χ0) is 12.0. The zero-order valence-electron chi connectivity index (χ0n) is 9.53. The van der Waals surface area contributed by atoms with Gasteiger partial charge in [-0.3, -0.25) is 0 Å². The van der Waals surface area contributed by atoms with Crippen LogP contribution in [-0.4, -0.2) is 39.0 Å². The lowest BCUT2D eigenvalue weighted by molar-refractivity contribution is 0.600. The van der Waals surface area contributed by atoms with E-state index in [2.05, 4.69) is 15.6 Å². The third-order valence-electron chi connectivity index (χ3n) is 2.04. The van der Waals surface area contributed by atoms with Gasteiger partial charge in [-0.15, -0.1) is 0 Å². The second-order valence-corrected chi connectivity index (χ2v) is 5.85. The van der Waals surface area contributed by atoms with E-state index in [0.717, 1.165) is 11.5 Å². The van der Waals surface area contributed by atoms with E-state index < -0.39 is 9.84 Å². The molecule has 2 N–H and O–H groups in total. The molecule has 1 aromatic rings. The Hall–Kier alpha value is -1.30. The van der Waals surface area contributed by atoms with Crippen LogP contribution in [0.25, 0.3) is 0 Å². The van der Waals surface area contributed by atoms with E-state index in [1.807, 2.05) is 12.1 Å². The number of nitrogens with one attached hydrogen (secondary N) is 2. The molecule has 0 fully saturated rings. The normalized spacial score (nSPS) is 11.1. The molecule has 16 heavy (non-hydrogen) atoms. The first-order valence-corrected chi connectivity index (χ1v) is 7.13. The molecule has 0 unspecified atom stereocenters. The third-order valence-corrected chi connectivity index (χ3v) is 3.07. The summed E-state index contributed by atoms with van der Waals surface area (Å²) in [6, 6.07) is 3.72. The number of pyridine rings is 1. The molecule has 6 heteroatoms. The van der Waals surface area contributed by atoms with Gasteiger partial charge in [-0.2, -0.15) is 0 Å². The first kappa shape index (κ1) is 12.8. The summed E-state index contributed by atoms with van der Waals surface area (Å²) in [5, 5.41) is 6.08. The van der Waals surface area contributed by atoms with Crippen LogP contribution >= 0.6 is 0 Å². The third kappa shape index (κ3) is 4.97. The molecule has 90 valence electrons. The van der Waals surface area contributed by atoms with E-state index in [1.54, 1.807) is 13.2 Å². The predicted octanol–water partition coefficient (Wildman–Crippen LogP) is 0.970. The van der Waals surface area contributed by atoms with Crippen LogP contribution < -0.4 is 10.6 Å². The van der Waals surface area contributed by atoms with Crippen molar-refractivity contribution in [1.29, 1.82) is 0 Å². The van der Waals surface area contributed by atoms with Gasteiger partial charge in [0.05, 0.1) is 5.75 Å². The van der Waals surface area contributed by atoms with Crippen LogP contribution in [0.3, 0.4) is 0 Å². The summed E-state index contributed by atoms with van der Waals surface area (Å²) in [7, 11) is -1.05. The molecule has 0 saturated heterocycles. The number of sulfone groups is 1. The molecule has 0 radical (unpaired) electrons. The summed E-state index contributed by atoms with van der Waals surface area (Å²) in [6.07, 6.45) is 3.55. The van der Waals surface area contributed by atoms with Crippen LogP contribution in [-0.2, 0) is 9.84 Å². The summed E-state index contributed by atoms with van der Waals surface area (Å²) in [6.45, 7) is 0.639. The van der Waals surface area contributed by atoms with Crippen LogP contribution in [0.2, 0.25) is 0 Å². The van der Waals surface area contributed by atoms with Crippen LogP contribution in [0.15, 0.2) is 18.3 Å². The molecule has 0 aromatic carbocycles. The lowest BCUT2D eigenvalue weighted by Crippen LogP contribution is -2.09. The van der Waals surface area contributed by atoms with Gasteiger partial charge in [-0.05, 0) is 12.5 Å². The van der Waals surface area contributed by atoms with Crippen molar-refractivity contribution in [3.05, 3.63) is 18.3 Å². The molecule has 1 rings (SSSR count). The fourth-order valence-electron chi connectivity index (χ4n) is 1.24. The van der Waals surface area contributed by atoms with E-state index in [-0.39, 0.29) is 5.75 Å². The van der Waals surface area contributed by atoms with Gasteiger partial charge in [0.1, 0.15) is 15.7 Å². The minimum atomic E-state index is -2.86. The van der Waals surface area contributed by atoms with E-state index in [0.29, 0.717) is 13.0 Å². The van der Waals surface area contributed by atoms with Gasteiger partial charge in [0.15, 0.2) is 0 Å². The summed E-state index contributed by atoms with van der Waals surface area (Å²) in [4.78, 5) is 4.08. The van der Waals surface area contributed by atoms with Crippen molar-refractivity contribution < 1.29 is 8.42 Å². The molecule has 0 aliphatic carbocycles. The Morgan fingerprint density at radius 2 is 2.19 bits per heavy atom. The number of hydrogen-bond acceptors (Lipinski definition) is 5. The fraction of sp³-hybridized carbons (Fsp3) is 0.500. The van der Waals surface area contributed by atoms with Gasteiger partial charge in [0.25, 0.3) is 0 Å². The van der Waals surface area contributed by atoms with Gasteiger partial charge in [0, 0.05) is 37.8 Å². The molecule has 0 aliphatic rings. The smallest absolute Gasteiger partial charge is 0.147 e. The largest absolute Gasteiger partial charge is 0.385 e. The van der Waals surface area contributed by atoms with Crippen molar-refractivity contribution in [3.63, 3.8) is 0 Å². The van der Waals surface area contributed by atoms with E-state index in [1.165, 1.54) is 6.26 Å². The number of aromatic nitrogens is 1. The number of rotatable bonds is 6. The van der Waals surface area contributed by atoms with Gasteiger partial charge in [0.2, 0.25) is 0 Å². The van der Waals surface area contributed by atoms with Gasteiger partial charge in [-0.1, -0.05) is 0 Å². The molecule has 0 bridgehead atoms. The highest BCUT2D eigenvalue weighted by atomic mass is 32.2. The molecule has 5 nitrogen and oxygen atoms in total. The second kappa shape index (κ2) is 5.69. The molecule has 0 atom stereocenters. The van der Waals surface area contributed by atoms with Crippen molar-refractivity contribution in [2.75, 3.05) is 36.2 Å². The lowest BCUT2D eigenvalue weighted by Gasteiger charge is -2.07. The SMILES string of the molecule is CNc1cc(NCCCS(C)(=O)=O)ccn1. The van der Waals surface area contributed by atoms with Crippen LogP contribution in [0.1, 0.15) is 6.42 Å². The molecule has 1 heterocycles. The minimum Gasteiger partial charge on any atom is -0.385 e. The average Bonchev–Trinajstić information content (AvgIpc) is 2.23. The maximum Gasteiger partial charge on any atom is 0.147 e. The first-order valence-electron chi connectivity index (χ1n) is 5.06. The van der Waals surface area contributed by atoms with E-state index in [4.69, 9.17) is 0 Å². The lowest BCUT2D eigenvalue weighted by atomic mass is 10.3. The standard InChI is InChI=1S/C10H17N3O2S/c1-11-10-8-9(4-6-13-10)12-5-3-7-16(2,14)15/h4,6,8H,3,5,7H2,1-2H3,(H2,11,12,13). The van der Waals surface area contributed by atoms with Crippen LogP contribution in [0.4, 0.5) is 11.5 Å². The molecule has 0 amide bonds. The van der Waals surface area contributed by atoms with Gasteiger partial charge < -0.3 is 10.6 Å². The second-order valence-electron chi connectivity index (χ2n) is 3.59. The Morgan fingerprint density at radius 1 is 1.44 bits per heavy atom. The van der Waals surface area contributed by atoms with Gasteiger partial charge in [-0.25, -0.2) is 13.4 Å². The molecule has 0 spiro atoms. The van der Waals surface area contributed by atoms with Crippen molar-refractivity contribution >= 4 is 21.3 Å². The Balaban J connectivity index is 2.37. The maximum atomic E-state index is 10.9. The van der Waals surface area contributed by atoms with Crippen molar-refractivity contribution in [2.24, 2.45) is 0 Å². The monoisotopic (exact) mass is 243 g/mol. The first-order chi connectivity index (χ1) is 7.51. The Labute approximate surface area is 96.2 Å². The summed E-state index contributed by atoms with van der Waals surface area (Å²) in [5.74, 6) is 0.998. The number of nitrogens with zero attached hydrogens (tertiary/aromatic N) is 1. The Morgan fingerprint density at radius 3 is 2.81 bits per heavy atom. The number of anilines is 2. The molecular formula is C10H17N3O2S. The summed E-state index contributed by atoms with van der Waals surface area (Å²) >= 11 is 0. The highest BCUT2D eigenvalue weighted by Gasteiger charge is 2.01. The molecule has 0 aliphatic heterocycles. The highest BCUT2D eigenvalue weighted by molar-refractivity contribution is 7.90. The van der Waals surface area contributed by atoms with Crippen LogP contribution in [0, 0.1) is 0 Å². The zero-order valence-corrected chi connectivity index (χ0v) is 10.3. The quantitative estimate of drug-likeness (QED) is 0.728. The summed E-state index contributed by atoms with van der Waals surface area (Å²) in [5.41, 5.74) is 0.938. The molecule has 1 aromatic heterocycles. The predicted molar refractivity (Wildman–Crippen MR) is 66.6 cm³/mol. The molecular weight excluding hydrogens is 226 g/mol. The van der Waals surface area contributed by atoms with E-state index in [9.17, 15) is 8.42 Å². The minimum absolute atomic E-state index is 0.212. The van der Waals surface area contributed by atoms with Crippen LogP contribution in [0.5, 0.6) is 0 Å². The number of hydrogen-bond donors (Lipinski definition) is 2. The van der Waals surface area contributed by atoms with Crippen molar-refractivity contribution in [1.82, 2.24) is 4.98 Å². The topological polar surface area (TPSA) is 71.1 Å². The van der Waals surface area contributed by atoms with E-state index >= 15 is 0 Å². The molecule has 0 saturated carbocycles.